The molecule has 0 radical (unpaired) electrons. The van der Waals surface area contributed by atoms with Crippen LogP contribution in [-0.2, 0) is 11.8 Å². The van der Waals surface area contributed by atoms with Crippen molar-refractivity contribution in [2.45, 2.75) is 13.5 Å². The van der Waals surface area contributed by atoms with Crippen molar-refractivity contribution >= 4 is 17.8 Å². The predicted octanol–water partition coefficient (Wildman–Crippen LogP) is 3.07. The van der Waals surface area contributed by atoms with Crippen LogP contribution in [-0.4, -0.2) is 28.9 Å². The first kappa shape index (κ1) is 17.5. The number of amides is 1. The smallest absolute Gasteiger partial charge is 0.387 e. The van der Waals surface area contributed by atoms with Crippen molar-refractivity contribution in [3.8, 4) is 11.5 Å². The van der Waals surface area contributed by atoms with Gasteiger partial charge in [0.05, 0.1) is 6.61 Å². The second-order valence-corrected chi connectivity index (χ2v) is 4.71. The summed E-state index contributed by atoms with van der Waals surface area (Å²) in [6.45, 7) is -0.906. The molecule has 0 unspecified atom stereocenters. The van der Waals surface area contributed by atoms with E-state index in [4.69, 9.17) is 4.74 Å². The molecule has 128 valence electrons. The fraction of sp³-hybridized carbons (Fsp3) is 0.250. The quantitative estimate of drug-likeness (QED) is 0.789. The molecule has 0 aliphatic heterocycles. The second kappa shape index (κ2) is 8.09. The van der Waals surface area contributed by atoms with Crippen LogP contribution >= 0.6 is 0 Å². The van der Waals surface area contributed by atoms with Crippen LogP contribution in [0, 0.1) is 0 Å². The van der Waals surface area contributed by atoms with Gasteiger partial charge in [0.25, 0.3) is 0 Å². The maximum atomic E-state index is 12.4. The minimum atomic E-state index is -2.94. The minimum Gasteiger partial charge on any atom is -0.490 e. The molecule has 0 fully saturated rings. The molecule has 6 nitrogen and oxygen atoms in total. The van der Waals surface area contributed by atoms with Crippen molar-refractivity contribution in [2.75, 3.05) is 11.9 Å². The number of benzene rings is 1. The number of ether oxygens (including phenoxy) is 2. The molecule has 0 bridgehead atoms. The Balaban J connectivity index is 2.07. The number of carbonyl (C=O) groups excluding carboxylic acids is 1. The molecule has 0 saturated heterocycles. The number of hydrogen-bond acceptors (Lipinski definition) is 4. The van der Waals surface area contributed by atoms with Crippen LogP contribution in [0.5, 0.6) is 11.5 Å². The molecule has 24 heavy (non-hydrogen) atoms. The van der Waals surface area contributed by atoms with Crippen LogP contribution in [0.1, 0.15) is 12.5 Å². The summed E-state index contributed by atoms with van der Waals surface area (Å²) in [6, 6.07) is 6.10. The number of aryl methyl sites for hydroxylation is 1. The van der Waals surface area contributed by atoms with Gasteiger partial charge in [0.1, 0.15) is 0 Å². The van der Waals surface area contributed by atoms with Crippen molar-refractivity contribution in [2.24, 2.45) is 7.05 Å². The van der Waals surface area contributed by atoms with Gasteiger partial charge in [-0.3, -0.25) is 9.48 Å². The van der Waals surface area contributed by atoms with E-state index < -0.39 is 6.61 Å². The van der Waals surface area contributed by atoms with Crippen LogP contribution in [0.3, 0.4) is 0 Å². The molecule has 1 N–H and O–H groups in total. The maximum Gasteiger partial charge on any atom is 0.387 e. The van der Waals surface area contributed by atoms with E-state index in [9.17, 15) is 13.6 Å². The Morgan fingerprint density at radius 2 is 2.17 bits per heavy atom. The van der Waals surface area contributed by atoms with Crippen molar-refractivity contribution < 1.29 is 23.0 Å². The number of nitrogens with zero attached hydrogens (tertiary/aromatic N) is 2. The van der Waals surface area contributed by atoms with Crippen LogP contribution in [0.15, 0.2) is 36.5 Å². The van der Waals surface area contributed by atoms with E-state index in [0.717, 1.165) is 0 Å². The zero-order valence-electron chi connectivity index (χ0n) is 13.2. The van der Waals surface area contributed by atoms with Crippen LogP contribution in [0.4, 0.5) is 14.6 Å². The molecule has 0 aliphatic rings. The van der Waals surface area contributed by atoms with Gasteiger partial charge < -0.3 is 14.8 Å². The van der Waals surface area contributed by atoms with Gasteiger partial charge in [-0.1, -0.05) is 6.07 Å². The topological polar surface area (TPSA) is 65.4 Å². The number of alkyl halides is 2. The lowest BCUT2D eigenvalue weighted by Crippen LogP contribution is -2.08. The van der Waals surface area contributed by atoms with E-state index in [0.29, 0.717) is 18.0 Å². The summed E-state index contributed by atoms with van der Waals surface area (Å²) in [7, 11) is 1.74. The molecular formula is C16H17F2N3O3. The Morgan fingerprint density at radius 3 is 2.79 bits per heavy atom. The molecule has 1 aromatic heterocycles. The zero-order valence-corrected chi connectivity index (χ0v) is 13.2. The lowest BCUT2D eigenvalue weighted by atomic mass is 10.2. The number of nitrogens with one attached hydrogen (secondary N) is 1. The highest BCUT2D eigenvalue weighted by Gasteiger charge is 2.11. The van der Waals surface area contributed by atoms with E-state index in [-0.39, 0.29) is 17.4 Å². The fourth-order valence-electron chi connectivity index (χ4n) is 1.91. The zero-order chi connectivity index (χ0) is 17.5. The van der Waals surface area contributed by atoms with Gasteiger partial charge in [0, 0.05) is 25.4 Å². The molecule has 0 aliphatic carbocycles. The molecule has 8 heteroatoms. The minimum absolute atomic E-state index is 0.0538. The Bertz CT molecular complexity index is 729. The van der Waals surface area contributed by atoms with Crippen LogP contribution in [0.25, 0.3) is 6.08 Å². The largest absolute Gasteiger partial charge is 0.490 e. The van der Waals surface area contributed by atoms with Crippen LogP contribution < -0.4 is 14.8 Å². The molecule has 1 amide bonds. The van der Waals surface area contributed by atoms with E-state index in [1.54, 1.807) is 37.0 Å². The van der Waals surface area contributed by atoms with Gasteiger partial charge in [-0.2, -0.15) is 13.9 Å². The normalized spacial score (nSPS) is 11.0. The van der Waals surface area contributed by atoms with E-state index >= 15 is 0 Å². The van der Waals surface area contributed by atoms with Gasteiger partial charge in [0.2, 0.25) is 5.91 Å². The Labute approximate surface area is 137 Å². The molecule has 0 atom stereocenters. The van der Waals surface area contributed by atoms with Gasteiger partial charge in [-0.05, 0) is 30.7 Å². The van der Waals surface area contributed by atoms with Crippen LogP contribution in [0.2, 0.25) is 0 Å². The molecular weight excluding hydrogens is 320 g/mol. The van der Waals surface area contributed by atoms with Gasteiger partial charge in [0.15, 0.2) is 17.3 Å². The summed E-state index contributed by atoms with van der Waals surface area (Å²) >= 11 is 0. The Hall–Kier alpha value is -2.90. The maximum absolute atomic E-state index is 12.4. The molecule has 1 heterocycles. The number of carbonyl (C=O) groups is 1. The van der Waals surface area contributed by atoms with Gasteiger partial charge in [-0.25, -0.2) is 0 Å². The Kier molecular flexibility index (Phi) is 5.89. The molecule has 1 aromatic carbocycles. The fourth-order valence-corrected chi connectivity index (χ4v) is 1.91. The number of aromatic nitrogens is 2. The highest BCUT2D eigenvalue weighted by Crippen LogP contribution is 2.30. The third-order valence-electron chi connectivity index (χ3n) is 2.88. The Morgan fingerprint density at radius 1 is 1.38 bits per heavy atom. The average Bonchev–Trinajstić information content (AvgIpc) is 2.92. The number of anilines is 1. The molecule has 2 rings (SSSR count). The first-order valence-corrected chi connectivity index (χ1v) is 7.18. The third kappa shape index (κ3) is 5.08. The standard InChI is InChI=1S/C16H17F2N3O3/c1-3-23-13-10-11(4-6-12(13)24-16(17)18)5-7-15(22)19-14-8-9-21(2)20-14/h4-10,16H,3H2,1-2H3,(H,19,20,22)/b7-5+. The van der Waals surface area contributed by atoms with Crippen molar-refractivity contribution in [3.05, 3.63) is 42.1 Å². The summed E-state index contributed by atoms with van der Waals surface area (Å²) in [5.74, 6) is 0.203. The van der Waals surface area contributed by atoms with Crippen molar-refractivity contribution in [1.29, 1.82) is 0 Å². The average molecular weight is 337 g/mol. The van der Waals surface area contributed by atoms with E-state index in [2.05, 4.69) is 15.2 Å². The van der Waals surface area contributed by atoms with Crippen molar-refractivity contribution in [1.82, 2.24) is 9.78 Å². The summed E-state index contributed by atoms with van der Waals surface area (Å²) in [4.78, 5) is 11.8. The number of halogens is 2. The number of rotatable bonds is 7. The predicted molar refractivity (Wildman–Crippen MR) is 85.1 cm³/mol. The lowest BCUT2D eigenvalue weighted by Gasteiger charge is -2.11. The third-order valence-corrected chi connectivity index (χ3v) is 2.88. The second-order valence-electron chi connectivity index (χ2n) is 4.71. The summed E-state index contributed by atoms with van der Waals surface area (Å²) in [5.41, 5.74) is 0.608. The monoisotopic (exact) mass is 337 g/mol. The molecule has 0 saturated carbocycles. The van der Waals surface area contributed by atoms with E-state index in [1.165, 1.54) is 24.3 Å². The summed E-state index contributed by atoms with van der Waals surface area (Å²) < 4.78 is 35.9. The lowest BCUT2D eigenvalue weighted by molar-refractivity contribution is -0.111. The highest BCUT2D eigenvalue weighted by molar-refractivity contribution is 6.01. The van der Waals surface area contributed by atoms with Crippen molar-refractivity contribution in [3.63, 3.8) is 0 Å². The first-order chi connectivity index (χ1) is 11.5. The first-order valence-electron chi connectivity index (χ1n) is 7.18. The summed E-state index contributed by atoms with van der Waals surface area (Å²) in [6.07, 6.45) is 4.55. The SMILES string of the molecule is CCOc1cc(/C=C/C(=O)Nc2ccn(C)n2)ccc1OC(F)F. The highest BCUT2D eigenvalue weighted by atomic mass is 19.3. The van der Waals surface area contributed by atoms with E-state index in [1.807, 2.05) is 0 Å². The summed E-state index contributed by atoms with van der Waals surface area (Å²) in [5, 5.41) is 6.62. The molecule has 2 aromatic rings. The number of hydrogen-bond donors (Lipinski definition) is 1. The van der Waals surface area contributed by atoms with Gasteiger partial charge >= 0.3 is 6.61 Å². The van der Waals surface area contributed by atoms with Gasteiger partial charge in [-0.15, -0.1) is 0 Å². The molecule has 0 spiro atoms.